The van der Waals surface area contributed by atoms with Crippen LogP contribution in [0.25, 0.3) is 0 Å². The van der Waals surface area contributed by atoms with Crippen LogP contribution in [0.3, 0.4) is 0 Å². The highest BCUT2D eigenvalue weighted by atomic mass is 19.1. The molecule has 154 valence electrons. The van der Waals surface area contributed by atoms with E-state index in [1.165, 1.54) is 5.56 Å². The van der Waals surface area contributed by atoms with Crippen LogP contribution in [0.5, 0.6) is 0 Å². The van der Waals surface area contributed by atoms with E-state index in [4.69, 9.17) is 0 Å². The number of quaternary nitrogens is 1. The smallest absolute Gasteiger partial charge is 0.449 e. The summed E-state index contributed by atoms with van der Waals surface area (Å²) >= 11 is 0. The first-order valence-corrected chi connectivity index (χ1v) is 10.4. The molecule has 0 aliphatic carbocycles. The number of aromatic nitrogens is 1. The zero-order valence-corrected chi connectivity index (χ0v) is 16.6. The number of rotatable bonds is 6. The summed E-state index contributed by atoms with van der Waals surface area (Å²) in [7, 11) is 0. The molecule has 1 atom stereocenters. The van der Waals surface area contributed by atoms with Gasteiger partial charge in [-0.05, 0) is 55.0 Å². The van der Waals surface area contributed by atoms with E-state index in [0.29, 0.717) is 11.0 Å². The standard InChI is InChI=1S/C22H27FN4O2/c23-10-6-21(17-7-11-24-12-8-17)26-13-9-18-16-19(4-5-20(18)26)27(25-22(28)29)14-2-1-3-15-27/h4-5,7-8,11-12,16,21,25H,1-3,6,9-10,13-15H2/p+1. The van der Waals surface area contributed by atoms with E-state index in [1.54, 1.807) is 12.4 Å². The minimum Gasteiger partial charge on any atom is -0.462 e. The van der Waals surface area contributed by atoms with Gasteiger partial charge in [0.15, 0.2) is 5.69 Å². The number of carbonyl (C=O) groups is 1. The predicted molar refractivity (Wildman–Crippen MR) is 112 cm³/mol. The Bertz CT molecular complexity index is 855. The summed E-state index contributed by atoms with van der Waals surface area (Å²) in [6.07, 6.45) is 6.97. The van der Waals surface area contributed by atoms with Gasteiger partial charge in [-0.2, -0.15) is 10.0 Å². The van der Waals surface area contributed by atoms with Gasteiger partial charge in [-0.25, -0.2) is 4.79 Å². The van der Waals surface area contributed by atoms with E-state index in [2.05, 4.69) is 27.4 Å². The normalized spacial score (nSPS) is 18.9. The molecule has 1 unspecified atom stereocenters. The molecule has 1 aromatic heterocycles. The fourth-order valence-corrected chi connectivity index (χ4v) is 4.86. The van der Waals surface area contributed by atoms with Crippen LogP contribution in [0.1, 0.15) is 42.9 Å². The fourth-order valence-electron chi connectivity index (χ4n) is 4.86. The third kappa shape index (κ3) is 3.92. The summed E-state index contributed by atoms with van der Waals surface area (Å²) in [5, 5.41) is 9.41. The van der Waals surface area contributed by atoms with Gasteiger partial charge in [0, 0.05) is 43.2 Å². The monoisotopic (exact) mass is 399 g/mol. The molecule has 1 saturated heterocycles. The van der Waals surface area contributed by atoms with Gasteiger partial charge < -0.3 is 10.0 Å². The first-order chi connectivity index (χ1) is 14.1. The molecule has 2 aliphatic rings. The molecule has 3 heterocycles. The van der Waals surface area contributed by atoms with Crippen molar-refractivity contribution in [3.05, 3.63) is 53.9 Å². The topological polar surface area (TPSA) is 65.5 Å². The number of pyridine rings is 1. The Kier molecular flexibility index (Phi) is 5.67. The van der Waals surface area contributed by atoms with Crippen molar-refractivity contribution in [1.82, 2.24) is 15.0 Å². The highest BCUT2D eigenvalue weighted by Crippen LogP contribution is 2.40. The van der Waals surface area contributed by atoms with Crippen molar-refractivity contribution in [2.75, 3.05) is 31.2 Å². The maximum Gasteiger partial charge on any atom is 0.449 e. The van der Waals surface area contributed by atoms with Crippen LogP contribution in [0.4, 0.5) is 20.6 Å². The van der Waals surface area contributed by atoms with Gasteiger partial charge in [0.25, 0.3) is 0 Å². The van der Waals surface area contributed by atoms with Crippen molar-refractivity contribution < 1.29 is 14.3 Å². The SMILES string of the molecule is O=C(O)N[N+]1(c2ccc3c(c2)CCN3C(CCF)c2ccncc2)CCCCC1. The number of halogens is 1. The lowest BCUT2D eigenvalue weighted by Crippen LogP contribution is -2.63. The van der Waals surface area contributed by atoms with E-state index in [9.17, 15) is 14.3 Å². The molecule has 2 aliphatic heterocycles. The maximum atomic E-state index is 13.3. The van der Waals surface area contributed by atoms with Crippen LogP contribution < -0.4 is 14.9 Å². The number of benzene rings is 1. The second-order valence-electron chi connectivity index (χ2n) is 7.92. The number of nitrogens with zero attached hydrogens (tertiary/aromatic N) is 3. The Morgan fingerprint density at radius 3 is 2.66 bits per heavy atom. The number of alkyl halides is 1. The molecule has 0 saturated carbocycles. The van der Waals surface area contributed by atoms with Crippen LogP contribution in [0, 0.1) is 0 Å². The molecule has 4 rings (SSSR count). The van der Waals surface area contributed by atoms with Gasteiger partial charge in [-0.3, -0.25) is 9.37 Å². The van der Waals surface area contributed by atoms with E-state index in [-0.39, 0.29) is 12.7 Å². The van der Waals surface area contributed by atoms with Gasteiger partial charge in [0.1, 0.15) is 13.1 Å². The van der Waals surface area contributed by atoms with E-state index < -0.39 is 6.09 Å². The highest BCUT2D eigenvalue weighted by Gasteiger charge is 2.37. The number of fused-ring (bicyclic) bond motifs is 1. The summed E-state index contributed by atoms with van der Waals surface area (Å²) < 4.78 is 13.6. The van der Waals surface area contributed by atoms with Crippen LogP contribution in [0.2, 0.25) is 0 Å². The molecule has 2 aromatic rings. The van der Waals surface area contributed by atoms with Crippen LogP contribution in [0.15, 0.2) is 42.7 Å². The molecule has 29 heavy (non-hydrogen) atoms. The van der Waals surface area contributed by atoms with Crippen molar-refractivity contribution in [2.24, 2.45) is 0 Å². The molecule has 1 fully saturated rings. The number of piperidine rings is 1. The minimum atomic E-state index is -0.991. The largest absolute Gasteiger partial charge is 0.462 e. The molecular weight excluding hydrogens is 371 g/mol. The fraction of sp³-hybridized carbons (Fsp3) is 0.455. The number of carboxylic acid groups (broad SMARTS) is 1. The predicted octanol–water partition coefficient (Wildman–Crippen LogP) is 4.22. The van der Waals surface area contributed by atoms with E-state index in [0.717, 1.165) is 62.3 Å². The average Bonchev–Trinajstić information content (AvgIpc) is 3.16. The summed E-state index contributed by atoms with van der Waals surface area (Å²) in [6, 6.07) is 10.2. The summed E-state index contributed by atoms with van der Waals surface area (Å²) in [5.74, 6) is 0. The lowest BCUT2D eigenvalue weighted by atomic mass is 10.0. The average molecular weight is 399 g/mol. The van der Waals surface area contributed by atoms with Crippen molar-refractivity contribution in [3.63, 3.8) is 0 Å². The van der Waals surface area contributed by atoms with Gasteiger partial charge in [-0.15, -0.1) is 0 Å². The first-order valence-electron chi connectivity index (χ1n) is 10.4. The van der Waals surface area contributed by atoms with Crippen LogP contribution in [-0.4, -0.2) is 42.5 Å². The minimum absolute atomic E-state index is 0.0228. The molecule has 7 heteroatoms. The Balaban J connectivity index is 1.65. The Morgan fingerprint density at radius 1 is 1.21 bits per heavy atom. The lowest BCUT2D eigenvalue weighted by Gasteiger charge is -2.39. The first kappa shape index (κ1) is 19.6. The molecule has 6 nitrogen and oxygen atoms in total. The van der Waals surface area contributed by atoms with E-state index in [1.807, 2.05) is 18.2 Å². The van der Waals surface area contributed by atoms with Crippen LogP contribution >= 0.6 is 0 Å². The number of hydrogen-bond acceptors (Lipinski definition) is 3. The molecular formula is C22H28FN4O2+. The second-order valence-corrected chi connectivity index (χ2v) is 7.92. The quantitative estimate of drug-likeness (QED) is 0.714. The third-order valence-electron chi connectivity index (χ3n) is 6.23. The molecule has 2 N–H and O–H groups in total. The van der Waals surface area contributed by atoms with Gasteiger partial charge in [0.2, 0.25) is 0 Å². The van der Waals surface area contributed by atoms with Gasteiger partial charge >= 0.3 is 6.09 Å². The van der Waals surface area contributed by atoms with Gasteiger partial charge in [0.05, 0.1) is 12.7 Å². The van der Waals surface area contributed by atoms with Crippen molar-refractivity contribution in [1.29, 1.82) is 0 Å². The molecule has 1 amide bonds. The van der Waals surface area contributed by atoms with Gasteiger partial charge in [-0.1, -0.05) is 0 Å². The molecule has 1 aromatic carbocycles. The zero-order chi connectivity index (χ0) is 20.3. The van der Waals surface area contributed by atoms with Crippen molar-refractivity contribution >= 4 is 17.5 Å². The lowest BCUT2D eigenvalue weighted by molar-refractivity contribution is 0.126. The zero-order valence-electron chi connectivity index (χ0n) is 16.6. The van der Waals surface area contributed by atoms with E-state index >= 15 is 0 Å². The maximum absolute atomic E-state index is 13.3. The summed E-state index contributed by atoms with van der Waals surface area (Å²) in [4.78, 5) is 17.8. The summed E-state index contributed by atoms with van der Waals surface area (Å²) in [6.45, 7) is 2.00. The second kappa shape index (κ2) is 8.37. The number of anilines is 1. The summed E-state index contributed by atoms with van der Waals surface area (Å²) in [5.41, 5.74) is 7.16. The van der Waals surface area contributed by atoms with Crippen molar-refractivity contribution in [3.8, 4) is 0 Å². The number of hydrogen-bond donors (Lipinski definition) is 2. The third-order valence-corrected chi connectivity index (χ3v) is 6.23. The Labute approximate surface area is 170 Å². The van der Waals surface area contributed by atoms with Crippen molar-refractivity contribution in [2.45, 2.75) is 38.1 Å². The molecule has 0 radical (unpaired) electrons. The highest BCUT2D eigenvalue weighted by molar-refractivity contribution is 5.69. The van der Waals surface area contributed by atoms with Crippen LogP contribution in [-0.2, 0) is 6.42 Å². The Hall–Kier alpha value is -2.67. The molecule has 0 spiro atoms. The molecule has 0 bridgehead atoms. The number of amides is 1. The number of nitrogens with one attached hydrogen (secondary N) is 1. The Morgan fingerprint density at radius 2 is 1.97 bits per heavy atom.